The number of piperidine rings is 1. The SMILES string of the molecule is Cn1nc(C(=O)N2CCC(COc3cc(C#N)ccn3)CC2)ccc1=O. The maximum absolute atomic E-state index is 12.5. The molecular formula is C18H19N5O3. The zero-order valence-corrected chi connectivity index (χ0v) is 14.5. The van der Waals surface area contributed by atoms with Crippen LogP contribution in [-0.4, -0.2) is 45.3 Å². The summed E-state index contributed by atoms with van der Waals surface area (Å²) in [6, 6.07) is 8.12. The fraction of sp³-hybridized carbons (Fsp3) is 0.389. The number of amides is 1. The third-order valence-corrected chi connectivity index (χ3v) is 4.41. The smallest absolute Gasteiger partial charge is 0.274 e. The molecular weight excluding hydrogens is 334 g/mol. The first-order valence-electron chi connectivity index (χ1n) is 8.39. The Hall–Kier alpha value is -3.21. The first-order chi connectivity index (χ1) is 12.6. The Balaban J connectivity index is 1.52. The highest BCUT2D eigenvalue weighted by atomic mass is 16.5. The maximum Gasteiger partial charge on any atom is 0.274 e. The molecule has 1 aliphatic rings. The van der Waals surface area contributed by atoms with E-state index in [2.05, 4.69) is 16.2 Å². The molecule has 1 saturated heterocycles. The van der Waals surface area contributed by atoms with Crippen molar-refractivity contribution in [1.82, 2.24) is 19.7 Å². The molecule has 3 heterocycles. The Bertz CT molecular complexity index is 894. The molecule has 0 saturated carbocycles. The molecule has 2 aromatic rings. The normalized spacial score (nSPS) is 14.7. The largest absolute Gasteiger partial charge is 0.477 e. The van der Waals surface area contributed by atoms with E-state index in [0.717, 1.165) is 17.5 Å². The van der Waals surface area contributed by atoms with Crippen LogP contribution in [0.1, 0.15) is 28.9 Å². The Morgan fingerprint density at radius 2 is 2.12 bits per heavy atom. The monoisotopic (exact) mass is 353 g/mol. The van der Waals surface area contributed by atoms with Crippen LogP contribution in [0.2, 0.25) is 0 Å². The summed E-state index contributed by atoms with van der Waals surface area (Å²) < 4.78 is 6.84. The minimum absolute atomic E-state index is 0.164. The quantitative estimate of drug-likeness (QED) is 0.812. The van der Waals surface area contributed by atoms with E-state index in [9.17, 15) is 9.59 Å². The van der Waals surface area contributed by atoms with Crippen LogP contribution in [0.4, 0.5) is 0 Å². The van der Waals surface area contributed by atoms with Crippen LogP contribution >= 0.6 is 0 Å². The van der Waals surface area contributed by atoms with E-state index in [1.807, 2.05) is 0 Å². The van der Waals surface area contributed by atoms with Gasteiger partial charge in [0, 0.05) is 38.5 Å². The van der Waals surface area contributed by atoms with Gasteiger partial charge >= 0.3 is 0 Å². The van der Waals surface area contributed by atoms with E-state index < -0.39 is 0 Å². The van der Waals surface area contributed by atoms with Gasteiger partial charge in [-0.25, -0.2) is 9.67 Å². The molecule has 0 atom stereocenters. The topological polar surface area (TPSA) is 101 Å². The maximum atomic E-state index is 12.5. The fourth-order valence-electron chi connectivity index (χ4n) is 2.84. The Morgan fingerprint density at radius 3 is 2.81 bits per heavy atom. The molecule has 8 nitrogen and oxygen atoms in total. The van der Waals surface area contributed by atoms with Gasteiger partial charge in [0.15, 0.2) is 0 Å². The second kappa shape index (κ2) is 7.78. The summed E-state index contributed by atoms with van der Waals surface area (Å²) in [5, 5.41) is 12.9. The van der Waals surface area contributed by atoms with Gasteiger partial charge in [-0.1, -0.05) is 0 Å². The van der Waals surface area contributed by atoms with Crippen molar-refractivity contribution >= 4 is 5.91 Å². The number of pyridine rings is 1. The van der Waals surface area contributed by atoms with Gasteiger partial charge in [-0.05, 0) is 30.9 Å². The lowest BCUT2D eigenvalue weighted by molar-refractivity contribution is 0.0651. The molecule has 0 radical (unpaired) electrons. The first kappa shape index (κ1) is 17.6. The van der Waals surface area contributed by atoms with Crippen molar-refractivity contribution in [3.63, 3.8) is 0 Å². The molecule has 3 rings (SSSR count). The van der Waals surface area contributed by atoms with Crippen LogP contribution in [0.3, 0.4) is 0 Å². The fourth-order valence-corrected chi connectivity index (χ4v) is 2.84. The molecule has 1 fully saturated rings. The van der Waals surface area contributed by atoms with Crippen LogP contribution < -0.4 is 10.3 Å². The summed E-state index contributed by atoms with van der Waals surface area (Å²) in [7, 11) is 1.53. The Kier molecular flexibility index (Phi) is 5.27. The lowest BCUT2D eigenvalue weighted by atomic mass is 9.97. The zero-order valence-electron chi connectivity index (χ0n) is 14.5. The number of aryl methyl sites for hydroxylation is 1. The van der Waals surface area contributed by atoms with Gasteiger partial charge in [0.05, 0.1) is 18.2 Å². The Labute approximate surface area is 150 Å². The number of carbonyl (C=O) groups is 1. The summed E-state index contributed by atoms with van der Waals surface area (Å²) in [4.78, 5) is 29.7. The van der Waals surface area contributed by atoms with Crippen molar-refractivity contribution in [2.75, 3.05) is 19.7 Å². The highest BCUT2D eigenvalue weighted by Crippen LogP contribution is 2.20. The number of hydrogen-bond donors (Lipinski definition) is 0. The van der Waals surface area contributed by atoms with Crippen LogP contribution in [0.25, 0.3) is 0 Å². The van der Waals surface area contributed by atoms with Gasteiger partial charge in [0.25, 0.3) is 11.5 Å². The van der Waals surface area contributed by atoms with Gasteiger partial charge in [0.1, 0.15) is 5.69 Å². The number of aromatic nitrogens is 3. The second-order valence-electron chi connectivity index (χ2n) is 6.22. The van der Waals surface area contributed by atoms with Gasteiger partial charge in [0.2, 0.25) is 5.88 Å². The number of carbonyl (C=O) groups excluding carboxylic acids is 1. The molecule has 0 spiro atoms. The number of likely N-dealkylation sites (tertiary alicyclic amines) is 1. The van der Waals surface area contributed by atoms with E-state index in [1.54, 1.807) is 23.2 Å². The van der Waals surface area contributed by atoms with Gasteiger partial charge in [-0.15, -0.1) is 0 Å². The van der Waals surface area contributed by atoms with E-state index in [4.69, 9.17) is 10.00 Å². The standard InChI is InChI=1S/C18H19N5O3/c1-22-17(24)3-2-15(21-22)18(25)23-8-5-13(6-9-23)12-26-16-10-14(11-19)4-7-20-16/h2-4,7,10,13H,5-6,8-9,12H2,1H3. The average Bonchev–Trinajstić information content (AvgIpc) is 2.68. The molecule has 1 amide bonds. The summed E-state index contributed by atoms with van der Waals surface area (Å²) in [6.45, 7) is 1.73. The van der Waals surface area contributed by atoms with Crippen molar-refractivity contribution in [2.24, 2.45) is 13.0 Å². The lowest BCUT2D eigenvalue weighted by Gasteiger charge is -2.31. The lowest BCUT2D eigenvalue weighted by Crippen LogP contribution is -2.40. The summed E-state index contributed by atoms with van der Waals surface area (Å²) in [5.74, 6) is 0.597. The molecule has 0 unspecified atom stereocenters. The average molecular weight is 353 g/mol. The van der Waals surface area contributed by atoms with Gasteiger partial charge in [-0.2, -0.15) is 10.4 Å². The van der Waals surface area contributed by atoms with Crippen LogP contribution in [0.5, 0.6) is 5.88 Å². The highest BCUT2D eigenvalue weighted by molar-refractivity contribution is 5.92. The molecule has 1 aliphatic heterocycles. The molecule has 134 valence electrons. The zero-order chi connectivity index (χ0) is 18.5. The first-order valence-corrected chi connectivity index (χ1v) is 8.39. The summed E-state index contributed by atoms with van der Waals surface area (Å²) in [5.41, 5.74) is 0.547. The number of ether oxygens (including phenoxy) is 1. The molecule has 26 heavy (non-hydrogen) atoms. The molecule has 2 aromatic heterocycles. The molecule has 0 N–H and O–H groups in total. The van der Waals surface area contributed by atoms with Crippen molar-refractivity contribution in [3.8, 4) is 11.9 Å². The van der Waals surface area contributed by atoms with Gasteiger partial charge < -0.3 is 9.64 Å². The molecule has 0 aliphatic carbocycles. The third kappa shape index (κ3) is 4.06. The van der Waals surface area contributed by atoms with E-state index in [-0.39, 0.29) is 17.2 Å². The van der Waals surface area contributed by atoms with Crippen LogP contribution in [0.15, 0.2) is 35.3 Å². The number of rotatable bonds is 4. The molecule has 0 bridgehead atoms. The van der Waals surface area contributed by atoms with E-state index in [0.29, 0.717) is 37.1 Å². The summed E-state index contributed by atoms with van der Waals surface area (Å²) >= 11 is 0. The van der Waals surface area contributed by atoms with Crippen molar-refractivity contribution < 1.29 is 9.53 Å². The van der Waals surface area contributed by atoms with Gasteiger partial charge in [-0.3, -0.25) is 9.59 Å². The predicted molar refractivity (Wildman–Crippen MR) is 92.6 cm³/mol. The third-order valence-electron chi connectivity index (χ3n) is 4.41. The Morgan fingerprint density at radius 1 is 1.35 bits per heavy atom. The van der Waals surface area contributed by atoms with Crippen molar-refractivity contribution in [1.29, 1.82) is 5.26 Å². The minimum atomic E-state index is -0.244. The van der Waals surface area contributed by atoms with Crippen molar-refractivity contribution in [2.45, 2.75) is 12.8 Å². The summed E-state index contributed by atoms with van der Waals surface area (Å²) in [6.07, 6.45) is 3.18. The molecule has 8 heteroatoms. The predicted octanol–water partition coefficient (Wildman–Crippen LogP) is 0.978. The number of nitrogens with zero attached hydrogens (tertiary/aromatic N) is 5. The van der Waals surface area contributed by atoms with E-state index in [1.165, 1.54) is 19.2 Å². The second-order valence-corrected chi connectivity index (χ2v) is 6.22. The molecule has 0 aromatic carbocycles. The minimum Gasteiger partial charge on any atom is -0.477 e. The highest BCUT2D eigenvalue weighted by Gasteiger charge is 2.25. The number of hydrogen-bond acceptors (Lipinski definition) is 6. The van der Waals surface area contributed by atoms with E-state index >= 15 is 0 Å². The van der Waals surface area contributed by atoms with Crippen LogP contribution in [0, 0.1) is 17.2 Å². The van der Waals surface area contributed by atoms with Crippen LogP contribution in [-0.2, 0) is 7.05 Å². The van der Waals surface area contributed by atoms with Crippen molar-refractivity contribution in [3.05, 3.63) is 52.1 Å². The number of nitriles is 1.